The largest absolute Gasteiger partial charge is 1.00 e. The van der Waals surface area contributed by atoms with Crippen LogP contribution in [0.4, 0.5) is 0 Å². The van der Waals surface area contributed by atoms with E-state index in [0.29, 0.717) is 53.9 Å². The molecule has 432 valence electrons. The van der Waals surface area contributed by atoms with Crippen molar-refractivity contribution in [2.45, 2.75) is 182 Å². The van der Waals surface area contributed by atoms with Crippen molar-refractivity contribution in [1.82, 2.24) is 38.6 Å². The molecule has 0 aliphatic carbocycles. The summed E-state index contributed by atoms with van der Waals surface area (Å²) in [4.78, 5) is 65.4. The molecule has 2 aromatic heterocycles. The maximum atomic E-state index is 13.6. The maximum absolute atomic E-state index is 13.6. The van der Waals surface area contributed by atoms with Gasteiger partial charge >= 0.3 is 0 Å². The number of amides is 4. The predicted octanol–water partition coefficient (Wildman–Crippen LogP) is 6.83. The van der Waals surface area contributed by atoms with Gasteiger partial charge in [-0.1, -0.05) is 130 Å². The molecule has 0 atom stereocenters. The number of imidazole rings is 2. The van der Waals surface area contributed by atoms with Gasteiger partial charge in [0.05, 0.1) is 26.0 Å². The number of aromatic nitrogens is 4. The number of carbonyl (C=O) groups is 4. The van der Waals surface area contributed by atoms with E-state index in [4.69, 9.17) is 17.3 Å². The molecule has 0 radical (unpaired) electrons. The van der Waals surface area contributed by atoms with E-state index >= 15 is 0 Å². The Bertz CT molecular complexity index is 1620. The molecule has 0 aromatic carbocycles. The summed E-state index contributed by atoms with van der Waals surface area (Å²) in [5, 5.41) is 0. The zero-order chi connectivity index (χ0) is 55.5. The second-order valence-electron chi connectivity index (χ2n) is 23.9. The summed E-state index contributed by atoms with van der Waals surface area (Å²) in [5.41, 5.74) is 5.39. The first-order valence-corrected chi connectivity index (χ1v) is 29.0. The van der Waals surface area contributed by atoms with E-state index in [9.17, 15) is 19.2 Å². The molecule has 0 saturated carbocycles. The van der Waals surface area contributed by atoms with Crippen molar-refractivity contribution in [2.24, 2.45) is 53.1 Å². The van der Waals surface area contributed by atoms with Crippen molar-refractivity contribution < 1.29 is 36.2 Å². The Balaban J connectivity index is 0. The summed E-state index contributed by atoms with van der Waals surface area (Å²) < 4.78 is 6.27. The molecular weight excluding hydrogens is 972 g/mol. The van der Waals surface area contributed by atoms with Gasteiger partial charge in [0.15, 0.2) is 6.54 Å². The van der Waals surface area contributed by atoms with Crippen LogP contribution in [0.1, 0.15) is 162 Å². The normalized spacial score (nSPS) is 11.4. The number of hydrogen-bond acceptors (Lipinski definition) is 7. The van der Waals surface area contributed by atoms with Gasteiger partial charge < -0.3 is 42.3 Å². The fraction of sp³-hybridized carbons (Fsp3) is 0.828. The lowest BCUT2D eigenvalue weighted by molar-refractivity contribution is -0.684. The number of aryl methyl sites for hydroxylation is 2. The predicted molar refractivity (Wildman–Crippen MR) is 305 cm³/mol. The topological polar surface area (TPSA) is 137 Å². The third kappa shape index (κ3) is 38.4. The van der Waals surface area contributed by atoms with Gasteiger partial charge in [-0.25, -0.2) is 14.1 Å². The van der Waals surface area contributed by atoms with Crippen LogP contribution in [-0.2, 0) is 38.8 Å². The third-order valence-electron chi connectivity index (χ3n) is 11.6. The van der Waals surface area contributed by atoms with Crippen LogP contribution >= 0.6 is 11.6 Å². The Morgan fingerprint density at radius 1 is 0.500 bits per heavy atom. The van der Waals surface area contributed by atoms with Crippen molar-refractivity contribution in [1.29, 1.82) is 0 Å². The summed E-state index contributed by atoms with van der Waals surface area (Å²) >= 11 is 5.52. The maximum Gasteiger partial charge on any atom is 0.264 e. The minimum Gasteiger partial charge on any atom is -1.00 e. The number of nitrogens with two attached hydrogens (primary N) is 1. The number of carbonyl (C=O) groups excluding carboxylic acids is 4. The monoisotopic (exact) mass is 1080 g/mol. The van der Waals surface area contributed by atoms with Gasteiger partial charge in [-0.3, -0.25) is 24.1 Å². The van der Waals surface area contributed by atoms with Crippen molar-refractivity contribution in [3.8, 4) is 0 Å². The number of rotatable bonds is 36. The van der Waals surface area contributed by atoms with Gasteiger partial charge in [0.25, 0.3) is 5.91 Å². The number of halogens is 2. The molecule has 0 unspecified atom stereocenters. The molecule has 2 heterocycles. The van der Waals surface area contributed by atoms with Crippen molar-refractivity contribution in [3.05, 3.63) is 37.4 Å². The summed E-state index contributed by atoms with van der Waals surface area (Å²) in [6.45, 7) is 45.0. The lowest BCUT2D eigenvalue weighted by Gasteiger charge is -2.32. The molecule has 0 fully saturated rings. The molecule has 4 amide bonds. The molecule has 14 nitrogen and oxygen atoms in total. The van der Waals surface area contributed by atoms with E-state index in [1.165, 1.54) is 19.3 Å². The Labute approximate surface area is 464 Å². The molecule has 16 heteroatoms. The molecule has 0 aliphatic heterocycles. The second kappa shape index (κ2) is 42.9. The van der Waals surface area contributed by atoms with Crippen LogP contribution in [0, 0.1) is 47.3 Å². The number of unbranched alkanes of at least 4 members (excludes halogenated alkanes) is 6. The van der Waals surface area contributed by atoms with Gasteiger partial charge in [-0.2, -0.15) is 0 Å². The summed E-state index contributed by atoms with van der Waals surface area (Å²) in [6.07, 6.45) is 20.8. The molecule has 0 aliphatic rings. The van der Waals surface area contributed by atoms with E-state index in [0.717, 1.165) is 111 Å². The molecule has 2 rings (SSSR count). The van der Waals surface area contributed by atoms with Gasteiger partial charge in [0.2, 0.25) is 24.0 Å². The van der Waals surface area contributed by atoms with Crippen LogP contribution in [0.2, 0.25) is 0 Å². The smallest absolute Gasteiger partial charge is 0.264 e. The molecule has 0 saturated heterocycles. The molecule has 0 bridgehead atoms. The van der Waals surface area contributed by atoms with Crippen molar-refractivity contribution in [3.63, 3.8) is 0 Å². The Kier molecular flexibility index (Phi) is 42.2. The van der Waals surface area contributed by atoms with Gasteiger partial charge in [-0.15, -0.1) is 11.6 Å². The average molecular weight is 1080 g/mol. The quantitative estimate of drug-likeness (QED) is 0.0449. The van der Waals surface area contributed by atoms with E-state index in [-0.39, 0.29) is 55.0 Å². The minimum atomic E-state index is 0. The second-order valence-corrected chi connectivity index (χ2v) is 24.2. The number of hydrogen-bond donors (Lipinski definition) is 1. The van der Waals surface area contributed by atoms with Crippen LogP contribution in [0.5, 0.6) is 0 Å². The minimum absolute atomic E-state index is 0. The van der Waals surface area contributed by atoms with Crippen molar-refractivity contribution in [2.75, 3.05) is 84.4 Å². The summed E-state index contributed by atoms with van der Waals surface area (Å²) in [6, 6.07) is 0. The van der Waals surface area contributed by atoms with Crippen molar-refractivity contribution >= 4 is 35.2 Å². The van der Waals surface area contributed by atoms with E-state index in [2.05, 4.69) is 136 Å². The van der Waals surface area contributed by atoms with Gasteiger partial charge in [0, 0.05) is 71.3 Å². The summed E-state index contributed by atoms with van der Waals surface area (Å²) in [5.74, 6) is 4.07. The fourth-order valence-corrected chi connectivity index (χ4v) is 8.80. The molecular formula is C58H112Cl2N10O4. The highest BCUT2D eigenvalue weighted by atomic mass is 35.5. The first kappa shape index (κ1) is 72.9. The van der Waals surface area contributed by atoms with Gasteiger partial charge in [0.1, 0.15) is 18.3 Å². The molecule has 2 aromatic rings. The van der Waals surface area contributed by atoms with Crippen LogP contribution in [0.25, 0.3) is 0 Å². The Morgan fingerprint density at radius 2 is 0.865 bits per heavy atom. The van der Waals surface area contributed by atoms with E-state index in [1.807, 2.05) is 55.4 Å². The highest BCUT2D eigenvalue weighted by Crippen LogP contribution is 2.12. The Hall–Kier alpha value is -3.20. The highest BCUT2D eigenvalue weighted by molar-refractivity contribution is 6.27. The van der Waals surface area contributed by atoms with Gasteiger partial charge in [-0.05, 0) is 92.5 Å². The first-order valence-electron chi connectivity index (χ1n) is 28.5. The molecule has 74 heavy (non-hydrogen) atoms. The van der Waals surface area contributed by atoms with Crippen LogP contribution < -0.4 is 22.7 Å². The first-order chi connectivity index (χ1) is 34.4. The number of alkyl halides is 1. The molecule has 2 N–H and O–H groups in total. The third-order valence-corrected chi connectivity index (χ3v) is 11.8. The van der Waals surface area contributed by atoms with Crippen LogP contribution in [0.15, 0.2) is 37.4 Å². The highest BCUT2D eigenvalue weighted by Gasteiger charge is 2.24. The standard InChI is InChI=1S/C39H75N6O3.C10H20ClNO.C9H17N3.ClH/c1-31(2)21-43(22-32(3)4)37(46)27-41(28-38(47)44(23-33(5)6)24-34(7)8)18-16-14-13-15-17-40-19-20-42(30-40)29-39(48)45(25-35(9)10)26-36(11)12;1-8(2)6-12(7-9(3)4)10(13)5-11;10-5-3-1-2-4-7-12-8-6-11-9-12;/h19-20,30-36H,13-18,21-29H2,1-12H3;8-9H,5-7H2,1-4H3;6,8-9H,1-5,7,10H2;1H/q+1;;;/p-1. The number of nitrogens with zero attached hydrogens (tertiary/aromatic N) is 9. The van der Waals surface area contributed by atoms with Crippen LogP contribution in [-0.4, -0.2) is 147 Å². The zero-order valence-electron chi connectivity index (χ0n) is 50.0. The summed E-state index contributed by atoms with van der Waals surface area (Å²) in [7, 11) is 0. The lowest BCUT2D eigenvalue weighted by atomic mass is 10.1. The SMILES string of the molecule is CC(C)CN(CC(C)C)C(=O)CCl.CC(C)CN(CC(C)C)C(=O)CN(CCCCCCn1cc[n+](CC(=O)N(CC(C)C)CC(C)C)c1)CC(=O)N(CC(C)C)CC(C)C.NCCCCCCn1ccnc1.[Cl-]. The fourth-order valence-electron chi connectivity index (χ4n) is 8.64. The lowest BCUT2D eigenvalue weighted by Crippen LogP contribution is -3.00. The zero-order valence-corrected chi connectivity index (χ0v) is 51.6. The van der Waals surface area contributed by atoms with E-state index < -0.39 is 0 Å². The van der Waals surface area contributed by atoms with E-state index in [1.54, 1.807) is 0 Å². The Morgan fingerprint density at radius 3 is 1.23 bits per heavy atom. The van der Waals surface area contributed by atoms with Crippen LogP contribution in [0.3, 0.4) is 0 Å². The average Bonchev–Trinajstić information content (AvgIpc) is 3.97. The molecule has 0 spiro atoms.